The van der Waals surface area contributed by atoms with E-state index in [4.69, 9.17) is 4.74 Å². The number of hydrazine groups is 1. The summed E-state index contributed by atoms with van der Waals surface area (Å²) in [6.45, 7) is 5.51. The predicted octanol–water partition coefficient (Wildman–Crippen LogP) is 3.86. The molecule has 0 aliphatic rings. The van der Waals surface area contributed by atoms with Crippen LogP contribution in [-0.2, 0) is 16.0 Å². The average molecular weight is 446 g/mol. The molecule has 0 aliphatic carbocycles. The van der Waals surface area contributed by atoms with E-state index in [0.717, 1.165) is 27.7 Å². The van der Waals surface area contributed by atoms with Gasteiger partial charge in [0.1, 0.15) is 5.75 Å². The maximum absolute atomic E-state index is 12.1. The largest absolute Gasteiger partial charge is 0.484 e. The number of hydrogen-bond donors (Lipinski definition) is 3. The monoisotopic (exact) mass is 445 g/mol. The molecule has 0 saturated carbocycles. The van der Waals surface area contributed by atoms with Crippen LogP contribution in [0.15, 0.2) is 58.7 Å². The highest BCUT2D eigenvalue weighted by molar-refractivity contribution is 9.10. The Morgan fingerprint density at radius 2 is 1.89 bits per heavy atom. The molecule has 0 spiro atoms. The van der Waals surface area contributed by atoms with Crippen molar-refractivity contribution in [1.29, 1.82) is 0 Å². The summed E-state index contributed by atoms with van der Waals surface area (Å²) in [4.78, 5) is 24.0. The van der Waals surface area contributed by atoms with E-state index < -0.39 is 0 Å². The minimum absolute atomic E-state index is 0.141. The van der Waals surface area contributed by atoms with Crippen molar-refractivity contribution in [3.8, 4) is 5.75 Å². The Bertz CT molecular complexity index is 881. The highest BCUT2D eigenvalue weighted by atomic mass is 79.9. The molecule has 2 amide bonds. The Kier molecular flexibility index (Phi) is 8.07. The maximum Gasteiger partial charge on any atom is 0.276 e. The lowest BCUT2D eigenvalue weighted by atomic mass is 10.1. The van der Waals surface area contributed by atoms with Crippen molar-refractivity contribution in [2.24, 2.45) is 0 Å². The lowest BCUT2D eigenvalue weighted by Crippen LogP contribution is -2.39. The molecule has 2 aromatic carbocycles. The Morgan fingerprint density at radius 1 is 1.14 bits per heavy atom. The molecule has 3 N–H and O–H groups in total. The second kappa shape index (κ2) is 10.5. The van der Waals surface area contributed by atoms with Gasteiger partial charge >= 0.3 is 0 Å². The first-order valence-electron chi connectivity index (χ1n) is 8.90. The van der Waals surface area contributed by atoms with Crippen molar-refractivity contribution < 1.29 is 14.3 Å². The first-order chi connectivity index (χ1) is 13.4. The van der Waals surface area contributed by atoms with Gasteiger partial charge in [0.25, 0.3) is 5.91 Å². The van der Waals surface area contributed by atoms with Crippen molar-refractivity contribution in [2.45, 2.75) is 27.2 Å². The summed E-state index contributed by atoms with van der Waals surface area (Å²) in [5.41, 5.74) is 8.55. The zero-order valence-corrected chi connectivity index (χ0v) is 17.7. The summed E-state index contributed by atoms with van der Waals surface area (Å²) < 4.78 is 6.43. The van der Waals surface area contributed by atoms with E-state index in [2.05, 4.69) is 32.1 Å². The van der Waals surface area contributed by atoms with E-state index in [0.29, 0.717) is 11.4 Å². The number of allylic oxidation sites excluding steroid dienone is 1. The number of halogens is 1. The molecular weight excluding hydrogens is 422 g/mol. The second-order valence-corrected chi connectivity index (χ2v) is 7.05. The van der Waals surface area contributed by atoms with Gasteiger partial charge in [-0.05, 0) is 55.7 Å². The van der Waals surface area contributed by atoms with Gasteiger partial charge in [0.2, 0.25) is 5.91 Å². The van der Waals surface area contributed by atoms with E-state index in [-0.39, 0.29) is 18.4 Å². The van der Waals surface area contributed by atoms with Gasteiger partial charge in [-0.1, -0.05) is 41.1 Å². The molecule has 148 valence electrons. The van der Waals surface area contributed by atoms with E-state index >= 15 is 0 Å². The minimum atomic E-state index is -0.356. The van der Waals surface area contributed by atoms with Crippen LogP contribution in [-0.4, -0.2) is 18.4 Å². The first-order valence-corrected chi connectivity index (χ1v) is 9.69. The number of carbonyl (C=O) groups is 2. The summed E-state index contributed by atoms with van der Waals surface area (Å²) in [7, 11) is 0. The van der Waals surface area contributed by atoms with Gasteiger partial charge in [-0.25, -0.2) is 0 Å². The van der Waals surface area contributed by atoms with E-state index in [1.165, 1.54) is 6.08 Å². The van der Waals surface area contributed by atoms with Crippen LogP contribution in [0.25, 0.3) is 0 Å². The SMILES string of the molecule is CCc1ccccc1NC(=O)C=C(C)NNC(=O)COc1ccc(Br)c(C)c1. The average Bonchev–Trinajstić information content (AvgIpc) is 2.67. The fourth-order valence-electron chi connectivity index (χ4n) is 2.41. The van der Waals surface area contributed by atoms with Crippen LogP contribution in [0.1, 0.15) is 25.0 Å². The molecule has 0 radical (unpaired) electrons. The molecule has 0 bridgehead atoms. The summed E-state index contributed by atoms with van der Waals surface area (Å²) in [5.74, 6) is -0.0242. The number of nitrogens with one attached hydrogen (secondary N) is 3. The minimum Gasteiger partial charge on any atom is -0.484 e. The van der Waals surface area contributed by atoms with Crippen LogP contribution >= 0.6 is 15.9 Å². The van der Waals surface area contributed by atoms with E-state index in [1.54, 1.807) is 13.0 Å². The quantitative estimate of drug-likeness (QED) is 0.425. The standard InChI is InChI=1S/C21H24BrN3O3/c1-4-16-7-5-6-8-19(16)23-20(26)12-15(3)24-25-21(27)13-28-17-9-10-18(22)14(2)11-17/h5-12,24H,4,13H2,1-3H3,(H,23,26)(H,25,27). The summed E-state index contributed by atoms with van der Waals surface area (Å²) in [6.07, 6.45) is 2.21. The smallest absolute Gasteiger partial charge is 0.276 e. The molecule has 2 aromatic rings. The third-order valence-corrected chi connectivity index (χ3v) is 4.79. The Morgan fingerprint density at radius 3 is 2.61 bits per heavy atom. The van der Waals surface area contributed by atoms with Crippen molar-refractivity contribution in [3.63, 3.8) is 0 Å². The molecule has 0 aromatic heterocycles. The molecule has 0 aliphatic heterocycles. The maximum atomic E-state index is 12.1. The van der Waals surface area contributed by atoms with Crippen LogP contribution in [0.3, 0.4) is 0 Å². The number of anilines is 1. The van der Waals surface area contributed by atoms with Gasteiger partial charge < -0.3 is 15.5 Å². The summed E-state index contributed by atoms with van der Waals surface area (Å²) in [6, 6.07) is 13.1. The van der Waals surface area contributed by atoms with Gasteiger partial charge in [-0.3, -0.25) is 15.0 Å². The third kappa shape index (κ3) is 6.74. The van der Waals surface area contributed by atoms with Gasteiger partial charge in [-0.15, -0.1) is 0 Å². The van der Waals surface area contributed by atoms with Crippen LogP contribution < -0.4 is 20.9 Å². The highest BCUT2D eigenvalue weighted by Crippen LogP contribution is 2.21. The fraction of sp³-hybridized carbons (Fsp3) is 0.238. The lowest BCUT2D eigenvalue weighted by Gasteiger charge is -2.11. The van der Waals surface area contributed by atoms with Crippen LogP contribution in [0.4, 0.5) is 5.69 Å². The number of benzene rings is 2. The lowest BCUT2D eigenvalue weighted by molar-refractivity contribution is -0.124. The molecular formula is C21H24BrN3O3. The number of hydrogen-bond acceptors (Lipinski definition) is 4. The zero-order chi connectivity index (χ0) is 20.5. The highest BCUT2D eigenvalue weighted by Gasteiger charge is 2.06. The summed E-state index contributed by atoms with van der Waals surface area (Å²) >= 11 is 3.41. The van der Waals surface area contributed by atoms with Gasteiger partial charge in [0.05, 0.1) is 0 Å². The Labute approximate surface area is 173 Å². The topological polar surface area (TPSA) is 79.5 Å². The predicted molar refractivity (Wildman–Crippen MR) is 114 cm³/mol. The number of aryl methyl sites for hydroxylation is 2. The number of para-hydroxylation sites is 1. The fourth-order valence-corrected chi connectivity index (χ4v) is 2.66. The molecule has 0 unspecified atom stereocenters. The number of ether oxygens (including phenoxy) is 1. The third-order valence-electron chi connectivity index (χ3n) is 3.90. The van der Waals surface area contributed by atoms with Gasteiger partial charge in [0.15, 0.2) is 6.61 Å². The molecule has 28 heavy (non-hydrogen) atoms. The van der Waals surface area contributed by atoms with Gasteiger partial charge in [0, 0.05) is 21.9 Å². The number of rotatable bonds is 8. The molecule has 0 heterocycles. The van der Waals surface area contributed by atoms with Crippen LogP contribution in [0, 0.1) is 6.92 Å². The first kappa shape index (κ1) is 21.5. The number of amides is 2. The van der Waals surface area contributed by atoms with Crippen molar-refractivity contribution in [2.75, 3.05) is 11.9 Å². The Hall–Kier alpha value is -2.80. The molecule has 7 heteroatoms. The van der Waals surface area contributed by atoms with Crippen molar-refractivity contribution in [3.05, 3.63) is 69.8 Å². The molecule has 0 saturated heterocycles. The van der Waals surface area contributed by atoms with Crippen LogP contribution in [0.5, 0.6) is 5.75 Å². The molecule has 6 nitrogen and oxygen atoms in total. The van der Waals surface area contributed by atoms with Crippen molar-refractivity contribution in [1.82, 2.24) is 10.9 Å². The van der Waals surface area contributed by atoms with Gasteiger partial charge in [-0.2, -0.15) is 0 Å². The Balaban J connectivity index is 1.79. The van der Waals surface area contributed by atoms with Crippen molar-refractivity contribution >= 4 is 33.4 Å². The normalized spacial score (nSPS) is 10.9. The molecule has 0 atom stereocenters. The van der Waals surface area contributed by atoms with E-state index in [9.17, 15) is 9.59 Å². The zero-order valence-electron chi connectivity index (χ0n) is 16.1. The van der Waals surface area contributed by atoms with E-state index in [1.807, 2.05) is 50.2 Å². The van der Waals surface area contributed by atoms with Crippen LogP contribution in [0.2, 0.25) is 0 Å². The summed E-state index contributed by atoms with van der Waals surface area (Å²) in [5, 5.41) is 2.84. The molecule has 2 rings (SSSR count). The molecule has 0 fully saturated rings. The number of carbonyl (C=O) groups excluding carboxylic acids is 2. The second-order valence-electron chi connectivity index (χ2n) is 6.20.